The maximum absolute atomic E-state index is 12.3. The smallest absolute Gasteiger partial charge is 0.283 e. The van der Waals surface area contributed by atoms with Gasteiger partial charge in [-0.05, 0) is 18.9 Å². The first-order chi connectivity index (χ1) is 9.00. The summed E-state index contributed by atoms with van der Waals surface area (Å²) in [7, 11) is 0. The van der Waals surface area contributed by atoms with Crippen molar-refractivity contribution in [3.63, 3.8) is 0 Å². The highest BCUT2D eigenvalue weighted by atomic mass is 35.5. The molecule has 5 nitrogen and oxygen atoms in total. The number of piperidine rings is 1. The summed E-state index contributed by atoms with van der Waals surface area (Å²) >= 11 is 11.9. The summed E-state index contributed by atoms with van der Waals surface area (Å²) in [6.07, 6.45) is 1.37. The number of nitro groups is 1. The van der Waals surface area contributed by atoms with Gasteiger partial charge in [0.1, 0.15) is 5.56 Å². The van der Waals surface area contributed by atoms with Crippen LogP contribution in [0.25, 0.3) is 0 Å². The molecule has 2 rings (SSSR count). The minimum absolute atomic E-state index is 0.0396. The van der Waals surface area contributed by atoms with E-state index in [1.807, 2.05) is 0 Å². The van der Waals surface area contributed by atoms with Crippen molar-refractivity contribution >= 4 is 34.8 Å². The summed E-state index contributed by atoms with van der Waals surface area (Å²) in [5.74, 6) is -0.402. The number of hydrogen-bond donors (Lipinski definition) is 0. The molecule has 1 aromatic rings. The highest BCUT2D eigenvalue weighted by Gasteiger charge is 2.29. The second kappa shape index (κ2) is 5.75. The molecule has 1 amide bonds. The second-order valence-corrected chi connectivity index (χ2v) is 5.38. The van der Waals surface area contributed by atoms with Crippen LogP contribution in [0.5, 0.6) is 0 Å². The Morgan fingerprint density at radius 3 is 2.58 bits per heavy atom. The fourth-order valence-electron chi connectivity index (χ4n) is 2.09. The average molecular weight is 303 g/mol. The van der Waals surface area contributed by atoms with Gasteiger partial charge in [-0.2, -0.15) is 0 Å². The summed E-state index contributed by atoms with van der Waals surface area (Å²) in [5, 5.41) is 11.1. The van der Waals surface area contributed by atoms with Crippen LogP contribution in [0.15, 0.2) is 18.2 Å². The van der Waals surface area contributed by atoms with Gasteiger partial charge in [0, 0.05) is 24.5 Å². The first kappa shape index (κ1) is 14.1. The predicted molar refractivity (Wildman–Crippen MR) is 72.9 cm³/mol. The third kappa shape index (κ3) is 2.98. The van der Waals surface area contributed by atoms with Gasteiger partial charge in [0.15, 0.2) is 0 Å². The molecule has 19 heavy (non-hydrogen) atoms. The van der Waals surface area contributed by atoms with Crippen molar-refractivity contribution in [3.8, 4) is 0 Å². The zero-order chi connectivity index (χ0) is 14.0. The third-order valence-corrected chi connectivity index (χ3v) is 3.87. The highest BCUT2D eigenvalue weighted by molar-refractivity contribution is 6.34. The Hall–Kier alpha value is -1.33. The van der Waals surface area contributed by atoms with Crippen LogP contribution in [-0.2, 0) is 0 Å². The van der Waals surface area contributed by atoms with Crippen molar-refractivity contribution in [3.05, 3.63) is 38.9 Å². The van der Waals surface area contributed by atoms with Crippen molar-refractivity contribution in [1.82, 2.24) is 4.90 Å². The Labute approximate surface area is 120 Å². The van der Waals surface area contributed by atoms with Crippen LogP contribution in [0.2, 0.25) is 5.02 Å². The van der Waals surface area contributed by atoms with Crippen LogP contribution in [-0.4, -0.2) is 34.2 Å². The number of amides is 1. The fourth-order valence-corrected chi connectivity index (χ4v) is 2.53. The van der Waals surface area contributed by atoms with Crippen LogP contribution >= 0.6 is 23.2 Å². The number of carbonyl (C=O) groups is 1. The Bertz CT molecular complexity index is 514. The Morgan fingerprint density at radius 2 is 2.00 bits per heavy atom. The van der Waals surface area contributed by atoms with Gasteiger partial charge in [-0.3, -0.25) is 14.9 Å². The van der Waals surface area contributed by atoms with E-state index < -0.39 is 10.8 Å². The van der Waals surface area contributed by atoms with Gasteiger partial charge in [-0.1, -0.05) is 17.7 Å². The number of nitro benzene ring substituents is 1. The molecule has 0 aromatic heterocycles. The lowest BCUT2D eigenvalue weighted by Gasteiger charge is -2.29. The van der Waals surface area contributed by atoms with Gasteiger partial charge >= 0.3 is 0 Å². The maximum atomic E-state index is 12.3. The number of nitrogens with zero attached hydrogens (tertiary/aromatic N) is 2. The summed E-state index contributed by atoms with van der Waals surface area (Å²) in [6.45, 7) is 0.991. The molecule has 1 fully saturated rings. The van der Waals surface area contributed by atoms with E-state index in [-0.39, 0.29) is 21.7 Å². The van der Waals surface area contributed by atoms with Gasteiger partial charge in [0.2, 0.25) is 0 Å². The number of alkyl halides is 1. The summed E-state index contributed by atoms with van der Waals surface area (Å²) in [4.78, 5) is 24.3. The van der Waals surface area contributed by atoms with E-state index in [4.69, 9.17) is 23.2 Å². The van der Waals surface area contributed by atoms with Crippen molar-refractivity contribution in [2.45, 2.75) is 18.2 Å². The number of benzene rings is 1. The van der Waals surface area contributed by atoms with Crippen LogP contribution < -0.4 is 0 Å². The molecule has 0 N–H and O–H groups in total. The lowest BCUT2D eigenvalue weighted by Crippen LogP contribution is -2.39. The van der Waals surface area contributed by atoms with Gasteiger partial charge in [-0.15, -0.1) is 11.6 Å². The van der Waals surface area contributed by atoms with Crippen LogP contribution in [0, 0.1) is 10.1 Å². The van der Waals surface area contributed by atoms with Gasteiger partial charge < -0.3 is 4.90 Å². The van der Waals surface area contributed by atoms with E-state index in [1.54, 1.807) is 4.90 Å². The van der Waals surface area contributed by atoms with Crippen LogP contribution in [0.1, 0.15) is 23.2 Å². The van der Waals surface area contributed by atoms with Gasteiger partial charge in [0.05, 0.1) is 9.95 Å². The molecule has 1 aliphatic rings. The van der Waals surface area contributed by atoms with Crippen molar-refractivity contribution in [2.24, 2.45) is 0 Å². The lowest BCUT2D eigenvalue weighted by atomic mass is 10.1. The minimum atomic E-state index is -0.590. The molecule has 7 heteroatoms. The first-order valence-electron chi connectivity index (χ1n) is 5.87. The minimum Gasteiger partial charge on any atom is -0.338 e. The molecule has 0 saturated carbocycles. The van der Waals surface area contributed by atoms with E-state index >= 15 is 0 Å². The molecule has 1 heterocycles. The first-order valence-corrected chi connectivity index (χ1v) is 6.68. The van der Waals surface area contributed by atoms with E-state index in [0.717, 1.165) is 0 Å². The summed E-state index contributed by atoms with van der Waals surface area (Å²) in [6, 6.07) is 4.23. The highest BCUT2D eigenvalue weighted by Crippen LogP contribution is 2.29. The zero-order valence-electron chi connectivity index (χ0n) is 10.0. The molecule has 1 aliphatic heterocycles. The Balaban J connectivity index is 2.31. The van der Waals surface area contributed by atoms with E-state index in [2.05, 4.69) is 0 Å². The lowest BCUT2D eigenvalue weighted by molar-refractivity contribution is -0.385. The second-order valence-electron chi connectivity index (χ2n) is 4.36. The average Bonchev–Trinajstić information content (AvgIpc) is 2.38. The van der Waals surface area contributed by atoms with Crippen molar-refractivity contribution in [2.75, 3.05) is 13.1 Å². The van der Waals surface area contributed by atoms with Crippen molar-refractivity contribution < 1.29 is 9.72 Å². The number of hydrogen-bond acceptors (Lipinski definition) is 3. The predicted octanol–water partition coefficient (Wildman–Crippen LogP) is 3.09. The summed E-state index contributed by atoms with van der Waals surface area (Å²) < 4.78 is 0. The molecule has 1 saturated heterocycles. The van der Waals surface area contributed by atoms with Crippen LogP contribution in [0.4, 0.5) is 5.69 Å². The molecule has 0 unspecified atom stereocenters. The topological polar surface area (TPSA) is 63.4 Å². The van der Waals surface area contributed by atoms with Crippen LogP contribution in [0.3, 0.4) is 0 Å². The molecule has 1 aromatic carbocycles. The molecule has 0 bridgehead atoms. The number of carbonyl (C=O) groups excluding carboxylic acids is 1. The van der Waals surface area contributed by atoms with E-state index in [9.17, 15) is 14.9 Å². The molecule has 0 spiro atoms. The van der Waals surface area contributed by atoms with E-state index in [1.165, 1.54) is 18.2 Å². The number of rotatable bonds is 2. The normalized spacial score (nSPS) is 16.4. The monoisotopic (exact) mass is 302 g/mol. The van der Waals surface area contributed by atoms with Gasteiger partial charge in [-0.25, -0.2) is 0 Å². The fraction of sp³-hybridized carbons (Fsp3) is 0.417. The molecule has 0 aliphatic carbocycles. The largest absolute Gasteiger partial charge is 0.338 e. The molecule has 0 atom stereocenters. The third-order valence-electron chi connectivity index (χ3n) is 3.11. The van der Waals surface area contributed by atoms with E-state index in [0.29, 0.717) is 25.9 Å². The quantitative estimate of drug-likeness (QED) is 0.479. The molecule has 0 radical (unpaired) electrons. The standard InChI is InChI=1S/C12H12Cl2N2O3/c13-8-4-6-15(7-5-8)12(17)11-9(14)2-1-3-10(11)16(18)19/h1-3,8H,4-7H2. The number of halogens is 2. The molecule has 102 valence electrons. The Morgan fingerprint density at radius 1 is 1.37 bits per heavy atom. The molecular formula is C12H12Cl2N2O3. The number of likely N-dealkylation sites (tertiary alicyclic amines) is 1. The Kier molecular flexibility index (Phi) is 4.27. The summed E-state index contributed by atoms with van der Waals surface area (Å²) in [5.41, 5.74) is -0.298. The SMILES string of the molecule is O=C(c1c(Cl)cccc1[N+](=O)[O-])N1CCC(Cl)CC1. The van der Waals surface area contributed by atoms with Crippen molar-refractivity contribution in [1.29, 1.82) is 0 Å². The maximum Gasteiger partial charge on any atom is 0.283 e. The van der Waals surface area contributed by atoms with Gasteiger partial charge in [0.25, 0.3) is 11.6 Å². The molecular weight excluding hydrogens is 291 g/mol. The zero-order valence-corrected chi connectivity index (χ0v) is 11.5.